The molecule has 250 valence electrons. The normalized spacial score (nSPS) is 11.1. The zero-order valence-corrected chi connectivity index (χ0v) is 27.5. The molecule has 0 atom stereocenters. The number of halogens is 3. The molecule has 0 N–H and O–H groups in total. The highest BCUT2D eigenvalue weighted by molar-refractivity contribution is 6.12. The van der Waals surface area contributed by atoms with Gasteiger partial charge >= 0.3 is 6.18 Å². The third-order valence-electron chi connectivity index (χ3n) is 9.49. The molecular weight excluding hydrogens is 686 g/mol. The SMILES string of the molecule is [C-]#[N+]c1ccc2c3ccc(C#N)cc3n(-c3cc(-c4ccc(C(F)(F)F)cc4C#N)c(-n4c5cc(C#N)ccc5c5ccc([N+]#[C-])cc54)cc3C#N)c2c1. The zero-order valence-electron chi connectivity index (χ0n) is 27.5. The molecule has 0 saturated heterocycles. The van der Waals surface area contributed by atoms with Gasteiger partial charge in [-0.3, -0.25) is 0 Å². The van der Waals surface area contributed by atoms with Crippen LogP contribution in [0.25, 0.3) is 75.8 Å². The first-order valence-corrected chi connectivity index (χ1v) is 16.0. The molecule has 0 radical (unpaired) electrons. The first kappa shape index (κ1) is 32.8. The summed E-state index contributed by atoms with van der Waals surface area (Å²) in [7, 11) is 0. The summed E-state index contributed by atoms with van der Waals surface area (Å²) >= 11 is 0. The first-order valence-electron chi connectivity index (χ1n) is 16.0. The number of hydrogen-bond donors (Lipinski definition) is 0. The standard InChI is InChI=1S/C43H17F3N8/c1-51-29-6-11-34-32-8-3-24(20-47)13-38(32)53(41(34)17-29)37-19-36(31-10-5-28(43(44,45)46)15-26(31)22-49)40(16-27(37)23-50)54-39-14-25(21-48)4-9-33(39)35-12-7-30(52-2)18-42(35)54/h3-19H. The van der Waals surface area contributed by atoms with E-state index in [4.69, 9.17) is 13.1 Å². The van der Waals surface area contributed by atoms with Crippen molar-refractivity contribution in [1.29, 1.82) is 21.0 Å². The van der Waals surface area contributed by atoms with Crippen molar-refractivity contribution in [1.82, 2.24) is 9.13 Å². The van der Waals surface area contributed by atoms with Crippen molar-refractivity contribution in [2.24, 2.45) is 0 Å². The Labute approximate surface area is 304 Å². The van der Waals surface area contributed by atoms with Crippen LogP contribution >= 0.6 is 0 Å². The van der Waals surface area contributed by atoms with Gasteiger partial charge in [0.15, 0.2) is 11.4 Å². The molecule has 6 aromatic carbocycles. The largest absolute Gasteiger partial charge is 0.416 e. The van der Waals surface area contributed by atoms with Crippen molar-refractivity contribution in [3.05, 3.63) is 154 Å². The monoisotopic (exact) mass is 702 g/mol. The Hall–Kier alpha value is -8.35. The van der Waals surface area contributed by atoms with Crippen LogP contribution in [0, 0.1) is 58.5 Å². The fourth-order valence-corrected chi connectivity index (χ4v) is 7.11. The van der Waals surface area contributed by atoms with Gasteiger partial charge in [0.25, 0.3) is 0 Å². The maximum Gasteiger partial charge on any atom is 0.416 e. The Bertz CT molecular complexity index is 3090. The van der Waals surface area contributed by atoms with Crippen molar-refractivity contribution in [3.8, 4) is 46.8 Å². The van der Waals surface area contributed by atoms with E-state index in [1.807, 2.05) is 6.07 Å². The lowest BCUT2D eigenvalue weighted by Gasteiger charge is -2.20. The molecule has 54 heavy (non-hydrogen) atoms. The van der Waals surface area contributed by atoms with Crippen LogP contribution in [-0.4, -0.2) is 9.13 Å². The molecule has 2 heterocycles. The van der Waals surface area contributed by atoms with E-state index in [0.717, 1.165) is 22.9 Å². The first-order chi connectivity index (χ1) is 26.1. The third-order valence-corrected chi connectivity index (χ3v) is 9.49. The van der Waals surface area contributed by atoms with Crippen molar-refractivity contribution in [3.63, 3.8) is 0 Å². The Morgan fingerprint density at radius 3 is 1.43 bits per heavy atom. The van der Waals surface area contributed by atoms with Crippen molar-refractivity contribution in [2.45, 2.75) is 6.18 Å². The van der Waals surface area contributed by atoms with Gasteiger partial charge in [0.05, 0.1) is 81.6 Å². The lowest BCUT2D eigenvalue weighted by Crippen LogP contribution is -2.07. The van der Waals surface area contributed by atoms with E-state index in [0.29, 0.717) is 61.0 Å². The fourth-order valence-electron chi connectivity index (χ4n) is 7.11. The van der Waals surface area contributed by atoms with Crippen molar-refractivity contribution < 1.29 is 13.2 Å². The maximum absolute atomic E-state index is 14.0. The second-order valence-corrected chi connectivity index (χ2v) is 12.4. The third kappa shape index (κ3) is 4.95. The zero-order chi connectivity index (χ0) is 37.9. The van der Waals surface area contributed by atoms with Gasteiger partial charge in [0.2, 0.25) is 0 Å². The summed E-state index contributed by atoms with van der Waals surface area (Å²) in [5, 5.41) is 43.7. The van der Waals surface area contributed by atoms with Crippen LogP contribution < -0.4 is 0 Å². The number of alkyl halides is 3. The summed E-state index contributed by atoms with van der Waals surface area (Å²) in [6.45, 7) is 15.4. The van der Waals surface area contributed by atoms with Gasteiger partial charge in [-0.15, -0.1) is 0 Å². The number of benzene rings is 6. The van der Waals surface area contributed by atoms with Gasteiger partial charge in [-0.05, 0) is 60.7 Å². The molecule has 0 unspecified atom stereocenters. The summed E-state index contributed by atoms with van der Waals surface area (Å²) < 4.78 is 45.3. The average Bonchev–Trinajstić information content (AvgIpc) is 3.70. The quantitative estimate of drug-likeness (QED) is 0.170. The second-order valence-electron chi connectivity index (χ2n) is 12.4. The van der Waals surface area contributed by atoms with Crippen LogP contribution in [-0.2, 0) is 6.18 Å². The van der Waals surface area contributed by atoms with Gasteiger partial charge in [0, 0.05) is 43.7 Å². The predicted octanol–water partition coefficient (Wildman–Crippen LogP) is 11.2. The summed E-state index contributed by atoms with van der Waals surface area (Å²) in [6, 6.07) is 34.9. The molecule has 0 aliphatic rings. The van der Waals surface area contributed by atoms with E-state index in [-0.39, 0.29) is 27.9 Å². The Morgan fingerprint density at radius 2 is 0.963 bits per heavy atom. The van der Waals surface area contributed by atoms with Gasteiger partial charge in [-0.2, -0.15) is 34.2 Å². The highest BCUT2D eigenvalue weighted by Gasteiger charge is 2.32. The molecular formula is C43H17F3N8. The van der Waals surface area contributed by atoms with Crippen LogP contribution in [0.4, 0.5) is 24.5 Å². The van der Waals surface area contributed by atoms with Crippen LogP contribution in [0.3, 0.4) is 0 Å². The van der Waals surface area contributed by atoms with Gasteiger partial charge in [-0.1, -0.05) is 42.5 Å². The van der Waals surface area contributed by atoms with Crippen LogP contribution in [0.5, 0.6) is 0 Å². The van der Waals surface area contributed by atoms with E-state index in [1.54, 1.807) is 94.1 Å². The number of nitrogens with zero attached hydrogens (tertiary/aromatic N) is 8. The minimum Gasteiger partial charge on any atom is -0.310 e. The summed E-state index contributed by atoms with van der Waals surface area (Å²) in [6.07, 6.45) is -4.73. The van der Waals surface area contributed by atoms with E-state index >= 15 is 0 Å². The van der Waals surface area contributed by atoms with Crippen LogP contribution in [0.1, 0.15) is 27.8 Å². The number of hydrogen-bond acceptors (Lipinski definition) is 4. The molecule has 0 bridgehead atoms. The Morgan fingerprint density at radius 1 is 0.481 bits per heavy atom. The van der Waals surface area contributed by atoms with Crippen molar-refractivity contribution in [2.75, 3.05) is 0 Å². The molecule has 0 saturated carbocycles. The molecule has 8 aromatic rings. The highest BCUT2D eigenvalue weighted by Crippen LogP contribution is 2.43. The molecule has 11 heteroatoms. The molecule has 2 aromatic heterocycles. The molecule has 0 amide bonds. The summed E-state index contributed by atoms with van der Waals surface area (Å²) in [5.74, 6) is 0. The van der Waals surface area contributed by atoms with E-state index < -0.39 is 11.7 Å². The molecule has 8 rings (SSSR count). The van der Waals surface area contributed by atoms with E-state index in [1.165, 1.54) is 6.07 Å². The molecule has 0 fully saturated rings. The minimum absolute atomic E-state index is 0.112. The predicted molar refractivity (Wildman–Crippen MR) is 197 cm³/mol. The highest BCUT2D eigenvalue weighted by atomic mass is 19.4. The number of aromatic nitrogens is 2. The van der Waals surface area contributed by atoms with E-state index in [2.05, 4.69) is 27.9 Å². The maximum atomic E-state index is 14.0. The smallest absolute Gasteiger partial charge is 0.310 e. The van der Waals surface area contributed by atoms with Crippen molar-refractivity contribution >= 4 is 55.0 Å². The Kier molecular flexibility index (Phi) is 7.39. The van der Waals surface area contributed by atoms with Crippen LogP contribution in [0.15, 0.2) is 103 Å². The average molecular weight is 703 g/mol. The lowest BCUT2D eigenvalue weighted by molar-refractivity contribution is -0.137. The topological polar surface area (TPSA) is 114 Å². The number of fused-ring (bicyclic) bond motifs is 6. The van der Waals surface area contributed by atoms with Crippen LogP contribution in [0.2, 0.25) is 0 Å². The second kappa shape index (κ2) is 12.2. The summed E-state index contributed by atoms with van der Waals surface area (Å²) in [5.41, 5.74) is 3.13. The molecule has 0 aliphatic carbocycles. The van der Waals surface area contributed by atoms with E-state index in [9.17, 15) is 34.2 Å². The summed E-state index contributed by atoms with van der Waals surface area (Å²) in [4.78, 5) is 7.20. The molecule has 8 nitrogen and oxygen atoms in total. The van der Waals surface area contributed by atoms with Gasteiger partial charge in [-0.25, -0.2) is 9.69 Å². The number of nitriles is 4. The minimum atomic E-state index is -4.73. The van der Waals surface area contributed by atoms with Gasteiger partial charge < -0.3 is 9.13 Å². The molecule has 0 spiro atoms. The lowest BCUT2D eigenvalue weighted by atomic mass is 9.94. The Balaban J connectivity index is 1.59. The fraction of sp³-hybridized carbons (Fsp3) is 0.0233. The van der Waals surface area contributed by atoms with Gasteiger partial charge in [0.1, 0.15) is 6.07 Å². The molecule has 0 aliphatic heterocycles. The number of rotatable bonds is 3.